The molecule has 7 nitrogen and oxygen atoms in total. The quantitative estimate of drug-likeness (QED) is 0.798. The summed E-state index contributed by atoms with van der Waals surface area (Å²) in [6, 6.07) is 1.76. The molecule has 2 N–H and O–H groups in total. The average Bonchev–Trinajstić information content (AvgIpc) is 2.89. The van der Waals surface area contributed by atoms with Crippen LogP contribution in [-0.2, 0) is 14.4 Å². The molecule has 1 aromatic heterocycles. The number of carbonyl (C=O) groups is 3. The van der Waals surface area contributed by atoms with Crippen molar-refractivity contribution in [2.24, 2.45) is 4.99 Å². The van der Waals surface area contributed by atoms with Crippen molar-refractivity contribution < 1.29 is 14.4 Å². The third kappa shape index (κ3) is 3.34. The van der Waals surface area contributed by atoms with Crippen LogP contribution in [0.1, 0.15) is 18.7 Å². The molecule has 1 aliphatic rings. The maximum Gasteiger partial charge on any atom is 0.296 e. The molecule has 0 unspecified atom stereocenters. The second-order valence-corrected chi connectivity index (χ2v) is 5.34. The van der Waals surface area contributed by atoms with Crippen LogP contribution >= 0.6 is 11.3 Å². The standard InChI is InChI=1S/C13H14N4O3S/c1-7(18)14-9-4-5-21-11(9)6-10-12(20)16-13(17(10)3)15-8(2)19/h4-6H,1-3H3,(H,14,18)(H,15,16,19,20)/b10-6-. The molecule has 1 aliphatic heterocycles. The van der Waals surface area contributed by atoms with Crippen LogP contribution in [0.4, 0.5) is 5.69 Å². The molecule has 1 aromatic rings. The molecule has 0 aliphatic carbocycles. The minimum Gasteiger partial charge on any atom is -0.325 e. The number of carbonyl (C=O) groups excluding carboxylic acids is 3. The van der Waals surface area contributed by atoms with E-state index in [1.165, 1.54) is 30.1 Å². The van der Waals surface area contributed by atoms with E-state index in [-0.39, 0.29) is 17.8 Å². The average molecular weight is 306 g/mol. The Morgan fingerprint density at radius 1 is 1.29 bits per heavy atom. The Morgan fingerprint density at radius 2 is 1.95 bits per heavy atom. The molecule has 0 radical (unpaired) electrons. The lowest BCUT2D eigenvalue weighted by Gasteiger charge is -2.14. The largest absolute Gasteiger partial charge is 0.325 e. The van der Waals surface area contributed by atoms with E-state index in [2.05, 4.69) is 15.6 Å². The molecule has 0 aromatic carbocycles. The number of hydrogen-bond donors (Lipinski definition) is 2. The maximum absolute atomic E-state index is 11.9. The number of likely N-dealkylation sites (N-methyl/N-ethyl adjacent to an activating group) is 1. The molecule has 0 bridgehead atoms. The van der Waals surface area contributed by atoms with Gasteiger partial charge in [-0.1, -0.05) is 0 Å². The Labute approximate surface area is 125 Å². The van der Waals surface area contributed by atoms with E-state index >= 15 is 0 Å². The van der Waals surface area contributed by atoms with Crippen molar-refractivity contribution in [3.63, 3.8) is 0 Å². The molecule has 3 amide bonds. The predicted octanol–water partition coefficient (Wildman–Crippen LogP) is 1.01. The van der Waals surface area contributed by atoms with E-state index < -0.39 is 5.91 Å². The Balaban J connectivity index is 2.27. The molecule has 0 atom stereocenters. The Kier molecular flexibility index (Phi) is 4.18. The second kappa shape index (κ2) is 5.88. The molecule has 0 spiro atoms. The third-order valence-corrected chi connectivity index (χ3v) is 3.53. The normalized spacial score (nSPS) is 16.1. The molecule has 0 fully saturated rings. The van der Waals surface area contributed by atoms with Crippen LogP contribution in [0.15, 0.2) is 22.1 Å². The van der Waals surface area contributed by atoms with Gasteiger partial charge < -0.3 is 10.2 Å². The fourth-order valence-electron chi connectivity index (χ4n) is 1.76. The van der Waals surface area contributed by atoms with Crippen molar-refractivity contribution >= 4 is 46.8 Å². The number of thiophene rings is 1. The van der Waals surface area contributed by atoms with Gasteiger partial charge in [0.2, 0.25) is 17.8 Å². The second-order valence-electron chi connectivity index (χ2n) is 4.39. The zero-order chi connectivity index (χ0) is 15.6. The predicted molar refractivity (Wildman–Crippen MR) is 80.6 cm³/mol. The highest BCUT2D eigenvalue weighted by atomic mass is 32.1. The van der Waals surface area contributed by atoms with E-state index in [0.717, 1.165) is 4.88 Å². The number of nitrogens with one attached hydrogen (secondary N) is 2. The van der Waals surface area contributed by atoms with Crippen molar-refractivity contribution in [3.05, 3.63) is 22.0 Å². The molecule has 110 valence electrons. The number of guanidine groups is 1. The first-order valence-corrected chi connectivity index (χ1v) is 6.97. The molecule has 8 heteroatoms. The summed E-state index contributed by atoms with van der Waals surface area (Å²) >= 11 is 1.39. The lowest BCUT2D eigenvalue weighted by Crippen LogP contribution is -2.37. The summed E-state index contributed by atoms with van der Waals surface area (Å²) < 4.78 is 0. The molecule has 2 heterocycles. The molecular weight excluding hydrogens is 292 g/mol. The number of rotatable bonds is 2. The summed E-state index contributed by atoms with van der Waals surface area (Å²) in [5.41, 5.74) is 0.960. The van der Waals surface area contributed by atoms with Gasteiger partial charge in [-0.25, -0.2) is 0 Å². The van der Waals surface area contributed by atoms with Crippen molar-refractivity contribution in [1.82, 2.24) is 10.2 Å². The number of amides is 3. The van der Waals surface area contributed by atoms with Gasteiger partial charge in [-0.15, -0.1) is 11.3 Å². The van der Waals surface area contributed by atoms with Gasteiger partial charge >= 0.3 is 0 Å². The third-order valence-electron chi connectivity index (χ3n) is 2.67. The summed E-state index contributed by atoms with van der Waals surface area (Å²) in [5.74, 6) is -0.737. The van der Waals surface area contributed by atoms with E-state index in [9.17, 15) is 14.4 Å². The summed E-state index contributed by atoms with van der Waals surface area (Å²) in [5, 5.41) is 6.99. The highest BCUT2D eigenvalue weighted by Gasteiger charge is 2.27. The van der Waals surface area contributed by atoms with Gasteiger partial charge in [-0.05, 0) is 17.5 Å². The van der Waals surface area contributed by atoms with Crippen molar-refractivity contribution in [2.45, 2.75) is 13.8 Å². The number of anilines is 1. The van der Waals surface area contributed by atoms with Gasteiger partial charge in [-0.3, -0.25) is 19.7 Å². The molecule has 21 heavy (non-hydrogen) atoms. The first-order valence-electron chi connectivity index (χ1n) is 6.09. The topological polar surface area (TPSA) is 90.9 Å². The minimum atomic E-state index is -0.441. The zero-order valence-electron chi connectivity index (χ0n) is 11.8. The van der Waals surface area contributed by atoms with E-state index in [1.807, 2.05) is 5.38 Å². The molecular formula is C13H14N4O3S. The minimum absolute atomic E-state index is 0.186. The SMILES string of the molecule is CC(=O)NC1=NC(=O)/C(=C/c2sccc2NC(C)=O)N1C. The van der Waals surface area contributed by atoms with E-state index in [4.69, 9.17) is 0 Å². The number of aliphatic imine (C=N–C) groups is 1. The van der Waals surface area contributed by atoms with Crippen molar-refractivity contribution in [2.75, 3.05) is 12.4 Å². The van der Waals surface area contributed by atoms with Crippen molar-refractivity contribution in [3.8, 4) is 0 Å². The lowest BCUT2D eigenvalue weighted by atomic mass is 10.3. The molecule has 0 saturated heterocycles. The Hall–Kier alpha value is -2.48. The van der Waals surface area contributed by atoms with Gasteiger partial charge in [0.1, 0.15) is 5.70 Å². The van der Waals surface area contributed by atoms with Crippen LogP contribution in [0.3, 0.4) is 0 Å². The molecule has 2 rings (SSSR count). The monoisotopic (exact) mass is 306 g/mol. The van der Waals surface area contributed by atoms with Gasteiger partial charge in [0, 0.05) is 20.9 Å². The van der Waals surface area contributed by atoms with Crippen LogP contribution in [0.2, 0.25) is 0 Å². The zero-order valence-corrected chi connectivity index (χ0v) is 12.6. The number of nitrogens with zero attached hydrogens (tertiary/aromatic N) is 2. The fourth-order valence-corrected chi connectivity index (χ4v) is 2.54. The van der Waals surface area contributed by atoms with Gasteiger partial charge in [0.25, 0.3) is 5.91 Å². The first kappa shape index (κ1) is 14.9. The van der Waals surface area contributed by atoms with Crippen LogP contribution in [-0.4, -0.2) is 35.6 Å². The van der Waals surface area contributed by atoms with Crippen LogP contribution in [0.25, 0.3) is 6.08 Å². The van der Waals surface area contributed by atoms with Crippen LogP contribution in [0.5, 0.6) is 0 Å². The van der Waals surface area contributed by atoms with E-state index in [1.54, 1.807) is 19.2 Å². The summed E-state index contributed by atoms with van der Waals surface area (Å²) in [7, 11) is 1.64. The number of hydrogen-bond acceptors (Lipinski definition) is 5. The van der Waals surface area contributed by atoms with Crippen LogP contribution in [0, 0.1) is 0 Å². The maximum atomic E-state index is 11.9. The summed E-state index contributed by atoms with van der Waals surface area (Å²) in [4.78, 5) is 40.1. The van der Waals surface area contributed by atoms with Gasteiger partial charge in [0.05, 0.1) is 10.6 Å². The van der Waals surface area contributed by atoms with E-state index in [0.29, 0.717) is 11.4 Å². The van der Waals surface area contributed by atoms with Gasteiger partial charge in [-0.2, -0.15) is 4.99 Å². The highest BCUT2D eigenvalue weighted by Crippen LogP contribution is 2.27. The van der Waals surface area contributed by atoms with Crippen molar-refractivity contribution in [1.29, 1.82) is 0 Å². The fraction of sp³-hybridized carbons (Fsp3) is 0.231. The van der Waals surface area contributed by atoms with Gasteiger partial charge in [0.15, 0.2) is 0 Å². The smallest absolute Gasteiger partial charge is 0.296 e. The Morgan fingerprint density at radius 3 is 2.57 bits per heavy atom. The summed E-state index contributed by atoms with van der Waals surface area (Å²) in [6.45, 7) is 2.76. The highest BCUT2D eigenvalue weighted by molar-refractivity contribution is 7.11. The first-order chi connectivity index (χ1) is 9.88. The molecule has 0 saturated carbocycles. The summed E-state index contributed by atoms with van der Waals surface area (Å²) in [6.07, 6.45) is 1.64. The van der Waals surface area contributed by atoms with Crippen LogP contribution < -0.4 is 10.6 Å². The lowest BCUT2D eigenvalue weighted by molar-refractivity contribution is -0.118. The Bertz CT molecular complexity index is 675.